The zero-order chi connectivity index (χ0) is 18.6. The van der Waals surface area contributed by atoms with E-state index >= 15 is 0 Å². The van der Waals surface area contributed by atoms with Gasteiger partial charge < -0.3 is 20.4 Å². The van der Waals surface area contributed by atoms with Gasteiger partial charge in [-0.1, -0.05) is 30.3 Å². The number of imidazole rings is 1. The van der Waals surface area contributed by atoms with Gasteiger partial charge in [-0.15, -0.1) is 0 Å². The van der Waals surface area contributed by atoms with E-state index in [4.69, 9.17) is 10.5 Å². The maximum atomic E-state index is 12.6. The number of fused-ring (bicyclic) bond motifs is 1. The zero-order valence-electron chi connectivity index (χ0n) is 15.2. The second kappa shape index (κ2) is 7.80. The number of hydrogen-bond acceptors (Lipinski definition) is 4. The van der Waals surface area contributed by atoms with Gasteiger partial charge >= 0.3 is 0 Å². The Morgan fingerprint density at radius 3 is 2.67 bits per heavy atom. The largest absolute Gasteiger partial charge is 0.486 e. The van der Waals surface area contributed by atoms with Crippen LogP contribution >= 0.6 is 0 Å². The molecule has 140 valence electrons. The second-order valence-electron chi connectivity index (χ2n) is 6.95. The highest BCUT2D eigenvalue weighted by Gasteiger charge is 2.31. The molecule has 1 aliphatic carbocycles. The van der Waals surface area contributed by atoms with Crippen LogP contribution in [0.25, 0.3) is 11.0 Å². The van der Waals surface area contributed by atoms with E-state index < -0.39 is 0 Å². The highest BCUT2D eigenvalue weighted by Crippen LogP contribution is 2.32. The van der Waals surface area contributed by atoms with E-state index in [0.29, 0.717) is 19.1 Å². The number of hydrogen-bond donors (Lipinski definition) is 2. The van der Waals surface area contributed by atoms with E-state index in [1.165, 1.54) is 0 Å². The van der Waals surface area contributed by atoms with Crippen molar-refractivity contribution in [1.29, 1.82) is 0 Å². The zero-order valence-corrected chi connectivity index (χ0v) is 15.2. The van der Waals surface area contributed by atoms with Crippen molar-refractivity contribution in [2.45, 2.75) is 32.0 Å². The van der Waals surface area contributed by atoms with Crippen molar-refractivity contribution in [3.05, 3.63) is 60.4 Å². The molecule has 0 bridgehead atoms. The first-order chi connectivity index (χ1) is 13.2. The van der Waals surface area contributed by atoms with Gasteiger partial charge in [0.15, 0.2) is 0 Å². The minimum absolute atomic E-state index is 0.0403. The van der Waals surface area contributed by atoms with Crippen LogP contribution < -0.4 is 15.8 Å². The van der Waals surface area contributed by atoms with E-state index in [2.05, 4.69) is 10.3 Å². The van der Waals surface area contributed by atoms with Crippen LogP contribution in [0.15, 0.2) is 54.6 Å². The molecule has 6 nitrogen and oxygen atoms in total. The Bertz CT molecular complexity index is 918. The summed E-state index contributed by atoms with van der Waals surface area (Å²) in [5.74, 6) is 1.99. The molecule has 0 radical (unpaired) electrons. The predicted molar refractivity (Wildman–Crippen MR) is 104 cm³/mol. The summed E-state index contributed by atoms with van der Waals surface area (Å²) in [6, 6.07) is 17.5. The number of ether oxygens (including phenoxy) is 1. The summed E-state index contributed by atoms with van der Waals surface area (Å²) in [5.41, 5.74) is 7.60. The Labute approximate surface area is 158 Å². The summed E-state index contributed by atoms with van der Waals surface area (Å²) in [4.78, 5) is 17.3. The van der Waals surface area contributed by atoms with E-state index in [0.717, 1.165) is 35.4 Å². The molecule has 3 aromatic rings. The normalized spacial score (nSPS) is 14.9. The third-order valence-electron chi connectivity index (χ3n) is 4.94. The van der Waals surface area contributed by atoms with Crippen LogP contribution in [0.1, 0.15) is 18.7 Å². The minimum atomic E-state index is -0.0403. The molecule has 2 aromatic carbocycles. The monoisotopic (exact) mass is 364 g/mol. The van der Waals surface area contributed by atoms with Crippen LogP contribution in [-0.2, 0) is 17.9 Å². The van der Waals surface area contributed by atoms with Gasteiger partial charge in [0.05, 0.1) is 11.0 Å². The smallest absolute Gasteiger partial charge is 0.240 e. The van der Waals surface area contributed by atoms with Gasteiger partial charge in [-0.25, -0.2) is 4.98 Å². The van der Waals surface area contributed by atoms with Crippen molar-refractivity contribution in [3.63, 3.8) is 0 Å². The average Bonchev–Trinajstić information content (AvgIpc) is 3.49. The number of benzene rings is 2. The molecule has 1 atom stereocenters. The van der Waals surface area contributed by atoms with E-state index in [9.17, 15) is 4.79 Å². The Kier molecular flexibility index (Phi) is 5.07. The van der Waals surface area contributed by atoms with Crippen LogP contribution in [0.4, 0.5) is 0 Å². The van der Waals surface area contributed by atoms with Crippen LogP contribution in [0, 0.1) is 5.92 Å². The topological polar surface area (TPSA) is 82.2 Å². The van der Waals surface area contributed by atoms with Crippen molar-refractivity contribution in [3.8, 4) is 5.75 Å². The van der Waals surface area contributed by atoms with E-state index in [1.54, 1.807) is 0 Å². The number of nitrogens with zero attached hydrogens (tertiary/aromatic N) is 2. The fourth-order valence-electron chi connectivity index (χ4n) is 3.34. The number of nitrogens with two attached hydrogens (primary N) is 1. The number of para-hydroxylation sites is 3. The number of nitrogens with one attached hydrogen (secondary N) is 1. The molecule has 1 aromatic heterocycles. The van der Waals surface area contributed by atoms with E-state index in [-0.39, 0.29) is 18.5 Å². The fourth-order valence-corrected chi connectivity index (χ4v) is 3.34. The molecule has 3 N–H and O–H groups in total. The van der Waals surface area contributed by atoms with Gasteiger partial charge in [0.25, 0.3) is 0 Å². The lowest BCUT2D eigenvalue weighted by atomic mass is 10.2. The van der Waals surface area contributed by atoms with Crippen molar-refractivity contribution in [2.24, 2.45) is 11.7 Å². The Morgan fingerprint density at radius 2 is 1.93 bits per heavy atom. The maximum Gasteiger partial charge on any atom is 0.240 e. The molecule has 27 heavy (non-hydrogen) atoms. The molecule has 1 aliphatic rings. The highest BCUT2D eigenvalue weighted by molar-refractivity contribution is 5.81. The first-order valence-electron chi connectivity index (χ1n) is 9.36. The third kappa shape index (κ3) is 4.11. The first-order valence-corrected chi connectivity index (χ1v) is 9.36. The van der Waals surface area contributed by atoms with Gasteiger partial charge in [0.2, 0.25) is 5.91 Å². The number of rotatable bonds is 8. The molecule has 0 aliphatic heterocycles. The molecular weight excluding hydrogens is 340 g/mol. The molecule has 1 fully saturated rings. The lowest BCUT2D eigenvalue weighted by Crippen LogP contribution is -2.43. The number of amides is 1. The summed E-state index contributed by atoms with van der Waals surface area (Å²) < 4.78 is 7.78. The number of carbonyl (C=O) groups excluding carboxylic acids is 1. The Balaban J connectivity index is 1.53. The third-order valence-corrected chi connectivity index (χ3v) is 4.94. The second-order valence-corrected chi connectivity index (χ2v) is 6.95. The highest BCUT2D eigenvalue weighted by atomic mass is 16.5. The fraction of sp³-hybridized carbons (Fsp3) is 0.333. The average molecular weight is 364 g/mol. The molecule has 1 amide bonds. The van der Waals surface area contributed by atoms with Gasteiger partial charge in [-0.3, -0.25) is 4.79 Å². The molecule has 0 saturated heterocycles. The van der Waals surface area contributed by atoms with Gasteiger partial charge in [0.1, 0.15) is 24.7 Å². The van der Waals surface area contributed by atoms with Crippen molar-refractivity contribution in [1.82, 2.24) is 14.9 Å². The van der Waals surface area contributed by atoms with E-state index in [1.807, 2.05) is 59.2 Å². The van der Waals surface area contributed by atoms with Crippen LogP contribution in [0.5, 0.6) is 5.75 Å². The van der Waals surface area contributed by atoms with Crippen molar-refractivity contribution in [2.75, 3.05) is 6.54 Å². The SMILES string of the molecule is NCC(NC(=O)Cn1c(COc2ccccc2)nc2ccccc21)C1CC1. The first kappa shape index (κ1) is 17.5. The molecule has 1 saturated carbocycles. The lowest BCUT2D eigenvalue weighted by molar-refractivity contribution is -0.122. The maximum absolute atomic E-state index is 12.6. The van der Waals surface area contributed by atoms with Crippen LogP contribution in [0.3, 0.4) is 0 Å². The quantitative estimate of drug-likeness (QED) is 0.643. The van der Waals surface area contributed by atoms with Gasteiger partial charge in [-0.05, 0) is 43.0 Å². The molecule has 0 spiro atoms. The summed E-state index contributed by atoms with van der Waals surface area (Å²) in [6.07, 6.45) is 2.29. The number of aromatic nitrogens is 2. The number of carbonyl (C=O) groups is 1. The summed E-state index contributed by atoms with van der Waals surface area (Å²) in [7, 11) is 0. The van der Waals surface area contributed by atoms with Crippen molar-refractivity contribution >= 4 is 16.9 Å². The van der Waals surface area contributed by atoms with Crippen LogP contribution in [0.2, 0.25) is 0 Å². The van der Waals surface area contributed by atoms with Gasteiger partial charge in [-0.2, -0.15) is 0 Å². The van der Waals surface area contributed by atoms with Crippen molar-refractivity contribution < 1.29 is 9.53 Å². The van der Waals surface area contributed by atoms with Gasteiger partial charge in [0, 0.05) is 12.6 Å². The molecule has 6 heteroatoms. The Morgan fingerprint density at radius 1 is 1.19 bits per heavy atom. The summed E-state index contributed by atoms with van der Waals surface area (Å²) in [6.45, 7) is 0.983. The summed E-state index contributed by atoms with van der Waals surface area (Å²) >= 11 is 0. The molecule has 1 heterocycles. The van der Waals surface area contributed by atoms with Crippen LogP contribution in [-0.4, -0.2) is 28.0 Å². The molecule has 1 unspecified atom stereocenters. The minimum Gasteiger partial charge on any atom is -0.486 e. The standard InChI is InChI=1S/C21H24N4O2/c22-12-18(15-10-11-15)24-21(26)13-25-19-9-5-4-8-17(19)23-20(25)14-27-16-6-2-1-3-7-16/h1-9,15,18H,10-14,22H2,(H,24,26). The molecular formula is C21H24N4O2. The lowest BCUT2D eigenvalue weighted by Gasteiger charge is -2.17. The summed E-state index contributed by atoms with van der Waals surface area (Å²) in [5, 5.41) is 3.08. The molecule has 4 rings (SSSR count). The predicted octanol–water partition coefficient (Wildman–Crippen LogP) is 2.47. The Hall–Kier alpha value is -2.86.